The predicted molar refractivity (Wildman–Crippen MR) is 79.7 cm³/mol. The van der Waals surface area contributed by atoms with Gasteiger partial charge in [0.1, 0.15) is 6.33 Å². The zero-order valence-electron chi connectivity index (χ0n) is 11.2. The average Bonchev–Trinajstić information content (AvgIpc) is 2.95. The van der Waals surface area contributed by atoms with Gasteiger partial charge in [-0.05, 0) is 38.1 Å². The van der Waals surface area contributed by atoms with Crippen LogP contribution >= 0.6 is 23.1 Å². The Balaban J connectivity index is 1.83. The molecule has 0 fully saturated rings. The van der Waals surface area contributed by atoms with E-state index in [1.54, 1.807) is 29.4 Å². The molecule has 0 bridgehead atoms. The van der Waals surface area contributed by atoms with Crippen LogP contribution in [0.15, 0.2) is 29.0 Å². The summed E-state index contributed by atoms with van der Waals surface area (Å²) in [5.41, 5.74) is -0.616. The lowest BCUT2D eigenvalue weighted by atomic mass is 10.1. The van der Waals surface area contributed by atoms with Crippen LogP contribution in [-0.2, 0) is 13.0 Å². The molecule has 0 aliphatic rings. The number of thioether (sulfide) groups is 1. The molecule has 0 atom stereocenters. The maximum absolute atomic E-state index is 9.69. The lowest BCUT2D eigenvalue weighted by Gasteiger charge is -2.15. The molecular weight excluding hydrogens is 278 g/mol. The fraction of sp³-hybridized carbons (Fsp3) is 0.538. The summed E-state index contributed by atoms with van der Waals surface area (Å²) < 4.78 is 2.08. The second-order valence-electron chi connectivity index (χ2n) is 5.05. The highest BCUT2D eigenvalue weighted by Crippen LogP contribution is 2.20. The molecule has 2 aromatic rings. The lowest BCUT2D eigenvalue weighted by Crippen LogP contribution is -2.19. The molecule has 0 radical (unpaired) electrons. The number of aliphatic hydroxyl groups is 1. The van der Waals surface area contributed by atoms with E-state index in [0.29, 0.717) is 0 Å². The van der Waals surface area contributed by atoms with E-state index in [-0.39, 0.29) is 0 Å². The molecule has 0 aromatic carbocycles. The average molecular weight is 297 g/mol. The SMILES string of the molecule is CC(C)(O)CCSc1nncn1CCc1cccs1. The molecule has 1 N–H and O–H groups in total. The maximum Gasteiger partial charge on any atom is 0.191 e. The molecule has 104 valence electrons. The molecule has 0 saturated heterocycles. The van der Waals surface area contributed by atoms with Crippen LogP contribution in [0.4, 0.5) is 0 Å². The normalized spacial score (nSPS) is 11.9. The van der Waals surface area contributed by atoms with Crippen LogP contribution in [0.1, 0.15) is 25.1 Å². The van der Waals surface area contributed by atoms with Crippen molar-refractivity contribution in [1.29, 1.82) is 0 Å². The number of thiophene rings is 1. The van der Waals surface area contributed by atoms with Crippen LogP contribution in [0.25, 0.3) is 0 Å². The van der Waals surface area contributed by atoms with Crippen LogP contribution < -0.4 is 0 Å². The Morgan fingerprint density at radius 3 is 3.00 bits per heavy atom. The Kier molecular flexibility index (Phi) is 5.01. The Morgan fingerprint density at radius 1 is 1.47 bits per heavy atom. The van der Waals surface area contributed by atoms with Gasteiger partial charge < -0.3 is 9.67 Å². The Morgan fingerprint density at radius 2 is 2.32 bits per heavy atom. The van der Waals surface area contributed by atoms with E-state index in [4.69, 9.17) is 0 Å². The molecule has 0 saturated carbocycles. The Hall–Kier alpha value is -0.850. The number of aromatic nitrogens is 3. The summed E-state index contributed by atoms with van der Waals surface area (Å²) in [5, 5.41) is 20.8. The summed E-state index contributed by atoms with van der Waals surface area (Å²) in [5.74, 6) is 0.848. The molecule has 2 rings (SSSR count). The second-order valence-corrected chi connectivity index (χ2v) is 7.14. The summed E-state index contributed by atoms with van der Waals surface area (Å²) in [4.78, 5) is 1.38. The van der Waals surface area contributed by atoms with Crippen molar-refractivity contribution in [3.8, 4) is 0 Å². The summed E-state index contributed by atoms with van der Waals surface area (Å²) in [7, 11) is 0. The van der Waals surface area contributed by atoms with E-state index in [0.717, 1.165) is 30.3 Å². The molecule has 0 aliphatic carbocycles. The first-order valence-corrected chi connectivity index (χ1v) is 8.16. The Labute approximate surface area is 121 Å². The van der Waals surface area contributed by atoms with E-state index >= 15 is 0 Å². The van der Waals surface area contributed by atoms with E-state index in [1.165, 1.54) is 4.88 Å². The van der Waals surface area contributed by atoms with Gasteiger partial charge in [0.15, 0.2) is 5.16 Å². The molecule has 0 spiro atoms. The van der Waals surface area contributed by atoms with Crippen LogP contribution in [-0.4, -0.2) is 31.2 Å². The minimum atomic E-state index is -0.616. The maximum atomic E-state index is 9.69. The van der Waals surface area contributed by atoms with Crippen LogP contribution in [0.3, 0.4) is 0 Å². The van der Waals surface area contributed by atoms with E-state index in [1.807, 2.05) is 13.8 Å². The smallest absolute Gasteiger partial charge is 0.191 e. The molecule has 6 heteroatoms. The van der Waals surface area contributed by atoms with Crippen molar-refractivity contribution in [3.05, 3.63) is 28.7 Å². The Bertz CT molecular complexity index is 488. The predicted octanol–water partition coefficient (Wildman–Crippen LogP) is 2.84. The van der Waals surface area contributed by atoms with Crippen molar-refractivity contribution in [3.63, 3.8) is 0 Å². The van der Waals surface area contributed by atoms with E-state index in [9.17, 15) is 5.11 Å². The van der Waals surface area contributed by atoms with Crippen molar-refractivity contribution in [1.82, 2.24) is 14.8 Å². The van der Waals surface area contributed by atoms with Gasteiger partial charge in [-0.25, -0.2) is 0 Å². The van der Waals surface area contributed by atoms with Gasteiger partial charge in [0.05, 0.1) is 5.60 Å². The minimum absolute atomic E-state index is 0.616. The van der Waals surface area contributed by atoms with Gasteiger partial charge in [-0.2, -0.15) is 0 Å². The third-order valence-electron chi connectivity index (χ3n) is 2.70. The van der Waals surface area contributed by atoms with Gasteiger partial charge in [0, 0.05) is 17.2 Å². The molecule has 0 aliphatic heterocycles. The topological polar surface area (TPSA) is 50.9 Å². The standard InChI is InChI=1S/C13H19N3OS2/c1-13(2,17)6-9-19-12-15-14-10-16(12)7-5-11-4-3-8-18-11/h3-4,8,10,17H,5-7,9H2,1-2H3. The third kappa shape index (κ3) is 4.97. The van der Waals surface area contributed by atoms with E-state index < -0.39 is 5.60 Å². The molecule has 19 heavy (non-hydrogen) atoms. The van der Waals surface area contributed by atoms with Gasteiger partial charge in [0.25, 0.3) is 0 Å². The number of hydrogen-bond donors (Lipinski definition) is 1. The summed E-state index contributed by atoms with van der Waals surface area (Å²) in [6, 6.07) is 4.22. The quantitative estimate of drug-likeness (QED) is 0.798. The highest BCUT2D eigenvalue weighted by atomic mass is 32.2. The number of rotatable bonds is 7. The fourth-order valence-electron chi connectivity index (χ4n) is 1.59. The number of hydrogen-bond acceptors (Lipinski definition) is 5. The summed E-state index contributed by atoms with van der Waals surface area (Å²) in [6.45, 7) is 4.56. The largest absolute Gasteiger partial charge is 0.390 e. The fourth-order valence-corrected chi connectivity index (χ4v) is 3.48. The summed E-state index contributed by atoms with van der Waals surface area (Å²) >= 11 is 3.43. The van der Waals surface area contributed by atoms with Crippen molar-refractivity contribution < 1.29 is 5.11 Å². The third-order valence-corrected chi connectivity index (χ3v) is 4.62. The zero-order chi connectivity index (χ0) is 13.7. The summed E-state index contributed by atoms with van der Waals surface area (Å²) in [6.07, 6.45) is 3.53. The monoisotopic (exact) mass is 297 g/mol. The van der Waals surface area contributed by atoms with Crippen LogP contribution in [0.5, 0.6) is 0 Å². The van der Waals surface area contributed by atoms with Crippen molar-refractivity contribution in [2.24, 2.45) is 0 Å². The van der Waals surface area contributed by atoms with E-state index in [2.05, 4.69) is 32.3 Å². The highest BCUT2D eigenvalue weighted by Gasteiger charge is 2.13. The van der Waals surface area contributed by atoms with Gasteiger partial charge in [0.2, 0.25) is 0 Å². The van der Waals surface area contributed by atoms with Crippen LogP contribution in [0.2, 0.25) is 0 Å². The van der Waals surface area contributed by atoms with Crippen LogP contribution in [0, 0.1) is 0 Å². The van der Waals surface area contributed by atoms with Gasteiger partial charge in [-0.15, -0.1) is 21.5 Å². The van der Waals surface area contributed by atoms with Gasteiger partial charge in [-0.3, -0.25) is 0 Å². The molecule has 2 aromatic heterocycles. The minimum Gasteiger partial charge on any atom is -0.390 e. The first kappa shape index (κ1) is 14.6. The molecule has 0 unspecified atom stereocenters. The molecule has 0 amide bonds. The molecule has 4 nitrogen and oxygen atoms in total. The van der Waals surface area contributed by atoms with Gasteiger partial charge >= 0.3 is 0 Å². The molecular formula is C13H19N3OS2. The van der Waals surface area contributed by atoms with Crippen molar-refractivity contribution in [2.45, 2.75) is 44.0 Å². The second kappa shape index (κ2) is 6.54. The van der Waals surface area contributed by atoms with Gasteiger partial charge in [-0.1, -0.05) is 17.8 Å². The first-order chi connectivity index (χ1) is 9.04. The zero-order valence-corrected chi connectivity index (χ0v) is 12.9. The van der Waals surface area contributed by atoms with Crippen molar-refractivity contribution in [2.75, 3.05) is 5.75 Å². The number of aryl methyl sites for hydroxylation is 2. The molecule has 2 heterocycles. The lowest BCUT2D eigenvalue weighted by molar-refractivity contribution is 0.0777. The highest BCUT2D eigenvalue weighted by molar-refractivity contribution is 7.99. The van der Waals surface area contributed by atoms with Crippen molar-refractivity contribution >= 4 is 23.1 Å². The number of nitrogens with zero attached hydrogens (tertiary/aromatic N) is 3. The first-order valence-electron chi connectivity index (χ1n) is 6.30.